The number of amides is 2. The maximum absolute atomic E-state index is 12.7. The van der Waals surface area contributed by atoms with Crippen molar-refractivity contribution in [3.63, 3.8) is 0 Å². The molecule has 3 rings (SSSR count). The van der Waals surface area contributed by atoms with Crippen LogP contribution in [0, 0.1) is 10.1 Å². The number of ether oxygens (including phenoxy) is 2. The average Bonchev–Trinajstić information content (AvgIpc) is 2.81. The quantitative estimate of drug-likeness (QED) is 0.325. The molecule has 9 nitrogen and oxygen atoms in total. The summed E-state index contributed by atoms with van der Waals surface area (Å²) >= 11 is 5.83. The highest BCUT2D eigenvalue weighted by molar-refractivity contribution is 6.30. The van der Waals surface area contributed by atoms with E-state index in [0.717, 1.165) is 0 Å². The van der Waals surface area contributed by atoms with Gasteiger partial charge in [0.05, 0.1) is 12.0 Å². The van der Waals surface area contributed by atoms with Crippen molar-refractivity contribution >= 4 is 40.5 Å². The molecule has 0 aliphatic heterocycles. The number of nitrogens with one attached hydrogen (secondary N) is 2. The third-order valence-corrected chi connectivity index (χ3v) is 4.75. The number of nitro benzene ring substituents is 1. The first-order chi connectivity index (χ1) is 15.8. The number of methoxy groups -OCH3 is 1. The second-order valence-corrected chi connectivity index (χ2v) is 7.21. The van der Waals surface area contributed by atoms with Crippen LogP contribution >= 0.6 is 11.6 Å². The van der Waals surface area contributed by atoms with Crippen LogP contribution in [0.1, 0.15) is 23.7 Å². The number of hydrogen-bond donors (Lipinski definition) is 2. The van der Waals surface area contributed by atoms with E-state index in [1.807, 2.05) is 0 Å². The Morgan fingerprint density at radius 1 is 0.939 bits per heavy atom. The molecule has 0 unspecified atom stereocenters. The zero-order chi connectivity index (χ0) is 24.0. The number of rotatable bonds is 8. The first-order valence-corrected chi connectivity index (χ1v) is 10.2. The smallest absolute Gasteiger partial charge is 0.313 e. The second kappa shape index (κ2) is 10.5. The minimum absolute atomic E-state index is 0.0184. The second-order valence-electron chi connectivity index (χ2n) is 6.77. The van der Waals surface area contributed by atoms with E-state index in [9.17, 15) is 19.7 Å². The highest BCUT2D eigenvalue weighted by Crippen LogP contribution is 2.38. The molecule has 10 heteroatoms. The molecule has 0 fully saturated rings. The Morgan fingerprint density at radius 2 is 1.58 bits per heavy atom. The lowest BCUT2D eigenvalue weighted by Crippen LogP contribution is -2.12. The lowest BCUT2D eigenvalue weighted by Gasteiger charge is -2.12. The molecular formula is C23H20ClN3O6. The normalized spacial score (nSPS) is 10.3. The number of anilines is 2. The molecule has 2 amide bonds. The zero-order valence-electron chi connectivity index (χ0n) is 17.8. The summed E-state index contributed by atoms with van der Waals surface area (Å²) < 4.78 is 11.0. The highest BCUT2D eigenvalue weighted by atomic mass is 35.5. The molecule has 170 valence electrons. The van der Waals surface area contributed by atoms with Crippen molar-refractivity contribution in [2.45, 2.75) is 13.3 Å². The van der Waals surface area contributed by atoms with Gasteiger partial charge in [0, 0.05) is 34.4 Å². The topological polar surface area (TPSA) is 120 Å². The van der Waals surface area contributed by atoms with Crippen LogP contribution in [0.4, 0.5) is 17.1 Å². The summed E-state index contributed by atoms with van der Waals surface area (Å²) in [6.07, 6.45) is 0.366. The van der Waals surface area contributed by atoms with Crippen molar-refractivity contribution in [3.8, 4) is 17.2 Å². The summed E-state index contributed by atoms with van der Waals surface area (Å²) in [7, 11) is 1.39. The lowest BCUT2D eigenvalue weighted by atomic mass is 10.1. The summed E-state index contributed by atoms with van der Waals surface area (Å²) in [5.41, 5.74) is 1.14. The van der Waals surface area contributed by atoms with Crippen molar-refractivity contribution in [1.29, 1.82) is 0 Å². The third kappa shape index (κ3) is 5.98. The zero-order valence-corrected chi connectivity index (χ0v) is 18.5. The van der Waals surface area contributed by atoms with Gasteiger partial charge in [0.25, 0.3) is 5.91 Å². The summed E-state index contributed by atoms with van der Waals surface area (Å²) in [5, 5.41) is 17.0. The van der Waals surface area contributed by atoms with Crippen LogP contribution in [0.5, 0.6) is 17.2 Å². The van der Waals surface area contributed by atoms with Gasteiger partial charge in [0.2, 0.25) is 11.7 Å². The van der Waals surface area contributed by atoms with Gasteiger partial charge in [-0.3, -0.25) is 19.7 Å². The van der Waals surface area contributed by atoms with Crippen LogP contribution in [0.15, 0.2) is 60.7 Å². The van der Waals surface area contributed by atoms with Gasteiger partial charge in [-0.2, -0.15) is 0 Å². The number of hydrogen-bond acceptors (Lipinski definition) is 6. The van der Waals surface area contributed by atoms with Gasteiger partial charge in [0.15, 0.2) is 11.5 Å². The van der Waals surface area contributed by atoms with Crippen LogP contribution in [-0.4, -0.2) is 23.8 Å². The molecule has 3 aromatic carbocycles. The summed E-state index contributed by atoms with van der Waals surface area (Å²) in [6.45, 7) is 1.76. The standard InChI is InChI=1S/C23H20ClN3O6/c1-3-22(28)25-16-6-8-17(9-7-16)26-23(29)14-4-10-20(21(12-14)32-2)33-19-11-5-15(24)13-18(19)27(30)31/h4-13H,3H2,1-2H3,(H,25,28)(H,26,29). The molecule has 0 saturated heterocycles. The van der Waals surface area contributed by atoms with E-state index in [1.165, 1.54) is 43.5 Å². The van der Waals surface area contributed by atoms with Crippen molar-refractivity contribution in [2.75, 3.05) is 17.7 Å². The van der Waals surface area contributed by atoms with Crippen LogP contribution in [0.2, 0.25) is 5.02 Å². The van der Waals surface area contributed by atoms with E-state index in [4.69, 9.17) is 21.1 Å². The molecule has 0 radical (unpaired) electrons. The molecule has 2 N–H and O–H groups in total. The maximum atomic E-state index is 12.7. The average molecular weight is 470 g/mol. The largest absolute Gasteiger partial charge is 0.493 e. The van der Waals surface area contributed by atoms with Crippen LogP contribution < -0.4 is 20.1 Å². The molecule has 0 heterocycles. The van der Waals surface area contributed by atoms with Crippen LogP contribution in [0.25, 0.3) is 0 Å². The number of carbonyl (C=O) groups excluding carboxylic acids is 2. The number of nitro groups is 1. The fourth-order valence-electron chi connectivity index (χ4n) is 2.82. The van der Waals surface area contributed by atoms with Crippen molar-refractivity contribution in [2.24, 2.45) is 0 Å². The first-order valence-electron chi connectivity index (χ1n) is 9.81. The predicted octanol–water partition coefficient (Wildman–Crippen LogP) is 5.65. The van der Waals surface area contributed by atoms with Gasteiger partial charge >= 0.3 is 5.69 Å². The van der Waals surface area contributed by atoms with Gasteiger partial charge in [-0.05, 0) is 54.6 Å². The molecule has 0 saturated carbocycles. The predicted molar refractivity (Wildman–Crippen MR) is 124 cm³/mol. The molecule has 0 atom stereocenters. The van der Waals surface area contributed by atoms with Gasteiger partial charge < -0.3 is 20.1 Å². The van der Waals surface area contributed by atoms with Gasteiger partial charge in [-0.25, -0.2) is 0 Å². The molecular weight excluding hydrogens is 450 g/mol. The molecule has 0 aromatic heterocycles. The van der Waals surface area contributed by atoms with Crippen LogP contribution in [-0.2, 0) is 4.79 Å². The SMILES string of the molecule is CCC(=O)Nc1ccc(NC(=O)c2ccc(Oc3ccc(Cl)cc3[N+](=O)[O-])c(OC)c2)cc1. The molecule has 3 aromatic rings. The molecule has 0 aliphatic carbocycles. The summed E-state index contributed by atoms with van der Waals surface area (Å²) in [4.78, 5) is 34.8. The maximum Gasteiger partial charge on any atom is 0.313 e. The van der Waals surface area contributed by atoms with E-state index in [0.29, 0.717) is 17.8 Å². The minimum atomic E-state index is -0.603. The van der Waals surface area contributed by atoms with Gasteiger partial charge in [0.1, 0.15) is 0 Å². The van der Waals surface area contributed by atoms with E-state index in [-0.39, 0.29) is 39.4 Å². The fourth-order valence-corrected chi connectivity index (χ4v) is 2.99. The Hall–Kier alpha value is -4.11. The Bertz CT molecular complexity index is 1200. The number of benzene rings is 3. The van der Waals surface area contributed by atoms with Gasteiger partial charge in [-0.15, -0.1) is 0 Å². The van der Waals surface area contributed by atoms with Gasteiger partial charge in [-0.1, -0.05) is 18.5 Å². The minimum Gasteiger partial charge on any atom is -0.493 e. The fraction of sp³-hybridized carbons (Fsp3) is 0.130. The molecule has 0 spiro atoms. The molecule has 0 aliphatic rings. The molecule has 33 heavy (non-hydrogen) atoms. The Kier molecular flexibility index (Phi) is 7.47. The lowest BCUT2D eigenvalue weighted by molar-refractivity contribution is -0.385. The van der Waals surface area contributed by atoms with Crippen LogP contribution in [0.3, 0.4) is 0 Å². The monoisotopic (exact) mass is 469 g/mol. The van der Waals surface area contributed by atoms with Crippen molar-refractivity contribution in [3.05, 3.63) is 81.4 Å². The van der Waals surface area contributed by atoms with E-state index in [1.54, 1.807) is 31.2 Å². The summed E-state index contributed by atoms with van der Waals surface area (Å²) in [5.74, 6) is -0.122. The number of halogens is 1. The Balaban J connectivity index is 1.76. The first kappa shape index (κ1) is 23.6. The summed E-state index contributed by atoms with van der Waals surface area (Å²) in [6, 6.07) is 15.2. The number of carbonyl (C=O) groups is 2. The van der Waals surface area contributed by atoms with E-state index < -0.39 is 10.8 Å². The van der Waals surface area contributed by atoms with Crippen molar-refractivity contribution in [1.82, 2.24) is 0 Å². The highest BCUT2D eigenvalue weighted by Gasteiger charge is 2.19. The van der Waals surface area contributed by atoms with E-state index in [2.05, 4.69) is 10.6 Å². The number of nitrogens with zero attached hydrogens (tertiary/aromatic N) is 1. The van der Waals surface area contributed by atoms with E-state index >= 15 is 0 Å². The molecule has 0 bridgehead atoms. The Morgan fingerprint density at radius 3 is 2.18 bits per heavy atom. The van der Waals surface area contributed by atoms with Crippen molar-refractivity contribution < 1.29 is 24.0 Å². The Labute approximate surface area is 194 Å². The third-order valence-electron chi connectivity index (χ3n) is 4.51.